The lowest BCUT2D eigenvalue weighted by molar-refractivity contribution is -0.146. The highest BCUT2D eigenvalue weighted by Crippen LogP contribution is 2.41. The Morgan fingerprint density at radius 3 is 1.80 bits per heavy atom. The average molecular weight is 631 g/mol. The molecule has 8 nitrogen and oxygen atoms in total. The van der Waals surface area contributed by atoms with Crippen molar-refractivity contribution in [3.8, 4) is 11.5 Å². The van der Waals surface area contributed by atoms with E-state index in [-0.39, 0.29) is 49.6 Å². The van der Waals surface area contributed by atoms with Crippen LogP contribution in [-0.2, 0) is 24.7 Å². The molecule has 0 heterocycles. The topological polar surface area (TPSA) is 95.1 Å². The molecule has 0 unspecified atom stereocenters. The highest BCUT2D eigenvalue weighted by Gasteiger charge is 2.39. The summed E-state index contributed by atoms with van der Waals surface area (Å²) in [5.74, 6) is 0.987. The molecule has 2 N–H and O–H groups in total. The molecule has 0 radical (unpaired) electrons. The maximum Gasteiger partial charge on any atom is 0.306 e. The predicted octanol–water partition coefficient (Wildman–Crippen LogP) is 6.54. The van der Waals surface area contributed by atoms with Gasteiger partial charge < -0.3 is 29.6 Å². The number of benzene rings is 3. The van der Waals surface area contributed by atoms with Gasteiger partial charge in [0, 0.05) is 18.0 Å². The molecule has 46 heavy (non-hydrogen) atoms. The van der Waals surface area contributed by atoms with Crippen molar-refractivity contribution in [2.45, 2.75) is 88.9 Å². The molecule has 4 rings (SSSR count). The highest BCUT2D eigenvalue weighted by atomic mass is 16.5. The van der Waals surface area contributed by atoms with Gasteiger partial charge in [0.2, 0.25) is 5.91 Å². The zero-order valence-electron chi connectivity index (χ0n) is 28.0. The van der Waals surface area contributed by atoms with Gasteiger partial charge in [0.15, 0.2) is 0 Å². The van der Waals surface area contributed by atoms with Crippen LogP contribution in [0.2, 0.25) is 0 Å². The fourth-order valence-electron chi connectivity index (χ4n) is 6.07. The number of hydrogen-bond acceptors (Lipinski definition) is 7. The Kier molecular flexibility index (Phi) is 12.6. The van der Waals surface area contributed by atoms with E-state index in [4.69, 9.17) is 18.9 Å². The summed E-state index contributed by atoms with van der Waals surface area (Å²) in [6.07, 6.45) is 5.67. The van der Waals surface area contributed by atoms with Gasteiger partial charge in [0.1, 0.15) is 23.7 Å². The van der Waals surface area contributed by atoms with E-state index in [1.165, 1.54) is 6.42 Å². The van der Waals surface area contributed by atoms with E-state index in [9.17, 15) is 9.59 Å². The molecular weight excluding hydrogens is 580 g/mol. The Hall–Kier alpha value is -3.88. The van der Waals surface area contributed by atoms with Gasteiger partial charge in [-0.2, -0.15) is 0 Å². The first-order valence-corrected chi connectivity index (χ1v) is 16.3. The SMILES string of the molecule is COc1ccc(C(OC[C@@H](COC(=O)CCC(=O)NC2CCCCC2)NC(C)(C)C)(c2ccccc2)c2ccc(OC)cc2)cc1. The van der Waals surface area contributed by atoms with Gasteiger partial charge in [-0.15, -0.1) is 0 Å². The van der Waals surface area contributed by atoms with Crippen molar-refractivity contribution in [2.75, 3.05) is 27.4 Å². The maximum atomic E-state index is 12.8. The van der Waals surface area contributed by atoms with Crippen molar-refractivity contribution in [3.05, 3.63) is 95.6 Å². The maximum absolute atomic E-state index is 12.8. The van der Waals surface area contributed by atoms with Crippen LogP contribution in [0.4, 0.5) is 0 Å². The smallest absolute Gasteiger partial charge is 0.306 e. The number of hydrogen-bond donors (Lipinski definition) is 2. The van der Waals surface area contributed by atoms with E-state index in [2.05, 4.69) is 43.5 Å². The number of amides is 1. The van der Waals surface area contributed by atoms with Gasteiger partial charge >= 0.3 is 5.97 Å². The first-order chi connectivity index (χ1) is 22.1. The van der Waals surface area contributed by atoms with Crippen LogP contribution in [0, 0.1) is 0 Å². The third-order valence-electron chi connectivity index (χ3n) is 8.28. The van der Waals surface area contributed by atoms with Crippen molar-refractivity contribution >= 4 is 11.9 Å². The number of nitrogens with one attached hydrogen (secondary N) is 2. The van der Waals surface area contributed by atoms with Crippen molar-refractivity contribution in [1.82, 2.24) is 10.6 Å². The summed E-state index contributed by atoms with van der Waals surface area (Å²) < 4.78 is 23.7. The summed E-state index contributed by atoms with van der Waals surface area (Å²) in [4.78, 5) is 25.3. The first-order valence-electron chi connectivity index (χ1n) is 16.3. The molecule has 3 aromatic carbocycles. The molecule has 1 saturated carbocycles. The molecule has 0 spiro atoms. The van der Waals surface area contributed by atoms with Crippen LogP contribution < -0.4 is 20.1 Å². The van der Waals surface area contributed by atoms with Gasteiger partial charge in [-0.05, 0) is 74.6 Å². The van der Waals surface area contributed by atoms with Crippen molar-refractivity contribution in [3.63, 3.8) is 0 Å². The Balaban J connectivity index is 1.55. The predicted molar refractivity (Wildman–Crippen MR) is 180 cm³/mol. The van der Waals surface area contributed by atoms with Crippen LogP contribution in [-0.4, -0.2) is 56.9 Å². The molecule has 1 aliphatic rings. The summed E-state index contributed by atoms with van der Waals surface area (Å²) in [7, 11) is 3.29. The van der Waals surface area contributed by atoms with Gasteiger partial charge in [0.25, 0.3) is 0 Å². The molecule has 8 heteroatoms. The Labute approximate surface area is 274 Å². The normalized spacial score (nSPS) is 14.7. The van der Waals surface area contributed by atoms with E-state index < -0.39 is 11.6 Å². The lowest BCUT2D eigenvalue weighted by atomic mass is 9.80. The molecule has 1 atom stereocenters. The van der Waals surface area contributed by atoms with Gasteiger partial charge in [0.05, 0.1) is 33.3 Å². The Morgan fingerprint density at radius 2 is 1.28 bits per heavy atom. The zero-order valence-corrected chi connectivity index (χ0v) is 28.0. The van der Waals surface area contributed by atoms with Crippen molar-refractivity contribution in [1.29, 1.82) is 0 Å². The van der Waals surface area contributed by atoms with Crippen LogP contribution >= 0.6 is 0 Å². The number of esters is 1. The van der Waals surface area contributed by atoms with Gasteiger partial charge in [-0.3, -0.25) is 9.59 Å². The van der Waals surface area contributed by atoms with Crippen LogP contribution in [0.1, 0.15) is 82.4 Å². The molecule has 1 aliphatic carbocycles. The number of methoxy groups -OCH3 is 2. The summed E-state index contributed by atoms with van der Waals surface area (Å²) in [6.45, 7) is 6.51. The Morgan fingerprint density at radius 1 is 0.739 bits per heavy atom. The first kappa shape index (κ1) is 35.0. The minimum atomic E-state index is -1.00. The fourth-order valence-corrected chi connectivity index (χ4v) is 6.07. The van der Waals surface area contributed by atoms with Crippen LogP contribution in [0.25, 0.3) is 0 Å². The lowest BCUT2D eigenvalue weighted by Crippen LogP contribution is -2.50. The summed E-state index contributed by atoms with van der Waals surface area (Å²) in [6, 6.07) is 25.7. The van der Waals surface area contributed by atoms with E-state index in [1.54, 1.807) is 14.2 Å². The number of rotatable bonds is 15. The van der Waals surface area contributed by atoms with Crippen LogP contribution in [0.3, 0.4) is 0 Å². The number of carbonyl (C=O) groups is 2. The molecule has 0 aromatic heterocycles. The third kappa shape index (κ3) is 9.81. The van der Waals surface area contributed by atoms with Crippen molar-refractivity contribution < 1.29 is 28.5 Å². The molecule has 3 aromatic rings. The van der Waals surface area contributed by atoms with Crippen LogP contribution in [0.15, 0.2) is 78.9 Å². The average Bonchev–Trinajstić information content (AvgIpc) is 3.07. The summed E-state index contributed by atoms with van der Waals surface area (Å²) >= 11 is 0. The lowest BCUT2D eigenvalue weighted by Gasteiger charge is -2.38. The minimum absolute atomic E-state index is 0.0350. The second-order valence-corrected chi connectivity index (χ2v) is 13.0. The van der Waals surface area contributed by atoms with Gasteiger partial charge in [-0.1, -0.05) is 73.9 Å². The Bertz CT molecular complexity index is 1320. The van der Waals surface area contributed by atoms with Gasteiger partial charge in [-0.25, -0.2) is 0 Å². The van der Waals surface area contributed by atoms with E-state index in [0.717, 1.165) is 53.9 Å². The standard InChI is InChI=1S/C38H50N2O6/c1-37(2,3)40-32(26-45-36(42)25-24-35(41)39-31-14-10-7-11-15-31)27-46-38(28-12-8-6-9-13-28,29-16-20-33(43-4)21-17-29)30-18-22-34(44-5)23-19-30/h6,8-9,12-13,16-23,31-32,40H,7,10-11,14-15,24-27H2,1-5H3,(H,39,41)/t32-/m1/s1. The molecular formula is C38H50N2O6. The van der Waals surface area contributed by atoms with E-state index in [1.807, 2.05) is 66.7 Å². The third-order valence-corrected chi connectivity index (χ3v) is 8.28. The molecule has 0 bridgehead atoms. The van der Waals surface area contributed by atoms with E-state index >= 15 is 0 Å². The fraction of sp³-hybridized carbons (Fsp3) is 0.474. The van der Waals surface area contributed by atoms with Crippen LogP contribution in [0.5, 0.6) is 11.5 Å². The number of carbonyl (C=O) groups excluding carboxylic acids is 2. The zero-order chi connectivity index (χ0) is 33.0. The highest BCUT2D eigenvalue weighted by molar-refractivity contribution is 5.81. The molecule has 0 aliphatic heterocycles. The molecule has 1 amide bonds. The second kappa shape index (κ2) is 16.6. The molecule has 248 valence electrons. The summed E-state index contributed by atoms with van der Waals surface area (Å²) in [5, 5.41) is 6.65. The summed E-state index contributed by atoms with van der Waals surface area (Å²) in [5.41, 5.74) is 1.50. The number of ether oxygens (including phenoxy) is 4. The molecule has 0 saturated heterocycles. The minimum Gasteiger partial charge on any atom is -0.497 e. The monoisotopic (exact) mass is 630 g/mol. The second-order valence-electron chi connectivity index (χ2n) is 13.0. The van der Waals surface area contributed by atoms with E-state index in [0.29, 0.717) is 0 Å². The largest absolute Gasteiger partial charge is 0.497 e. The van der Waals surface area contributed by atoms with Crippen molar-refractivity contribution in [2.24, 2.45) is 0 Å². The quantitative estimate of drug-likeness (QED) is 0.145. The molecule has 1 fully saturated rings.